The fourth-order valence-corrected chi connectivity index (χ4v) is 6.33. The molecule has 1 aromatic heterocycles. The molecule has 0 amide bonds. The third kappa shape index (κ3) is 4.97. The zero-order valence-electron chi connectivity index (χ0n) is 16.0. The summed E-state index contributed by atoms with van der Waals surface area (Å²) in [5.41, 5.74) is 1.93. The maximum absolute atomic E-state index is 11.2. The van der Waals surface area contributed by atoms with Crippen LogP contribution in [-0.4, -0.2) is 28.7 Å². The van der Waals surface area contributed by atoms with Gasteiger partial charge in [-0.1, -0.05) is 55.0 Å². The highest BCUT2D eigenvalue weighted by Crippen LogP contribution is 2.47. The standard InChI is InChI=1S/C21H16Br2N2O4S2/c22-12-1-3-16-14(9-12)24(7-5-20(26)27)18(30-16)11-19-25(8-6-21(28)29)15-10-13(23)2-4-17(15)31-19/h1-4,9-11H,5-8H2,(H-,26,27,28,29)/p+1. The van der Waals surface area contributed by atoms with E-state index in [1.807, 2.05) is 51.9 Å². The molecule has 0 spiro atoms. The number of thioether (sulfide) groups is 1. The van der Waals surface area contributed by atoms with Gasteiger partial charge in [0, 0.05) is 26.5 Å². The van der Waals surface area contributed by atoms with Crippen molar-refractivity contribution in [2.24, 2.45) is 0 Å². The van der Waals surface area contributed by atoms with Crippen LogP contribution >= 0.6 is 55.0 Å². The number of rotatable bonds is 7. The van der Waals surface area contributed by atoms with Gasteiger partial charge in [0.05, 0.1) is 23.2 Å². The second kappa shape index (κ2) is 9.32. The third-order valence-corrected chi connectivity index (χ3v) is 7.94. The average molecular weight is 585 g/mol. The second-order valence-corrected chi connectivity index (χ2v) is 10.8. The van der Waals surface area contributed by atoms with Gasteiger partial charge in [-0.15, -0.1) is 0 Å². The smallest absolute Gasteiger partial charge is 0.309 e. The van der Waals surface area contributed by atoms with Gasteiger partial charge in [0.25, 0.3) is 5.01 Å². The predicted molar refractivity (Wildman–Crippen MR) is 130 cm³/mol. The molecule has 2 heterocycles. The minimum absolute atomic E-state index is 0.0161. The van der Waals surface area contributed by atoms with Crippen LogP contribution < -0.4 is 9.47 Å². The Labute approximate surface area is 203 Å². The number of anilines is 1. The van der Waals surface area contributed by atoms with E-state index in [4.69, 9.17) is 0 Å². The summed E-state index contributed by atoms with van der Waals surface area (Å²) in [6.07, 6.45) is 2.06. The molecule has 0 unspecified atom stereocenters. The lowest BCUT2D eigenvalue weighted by Gasteiger charge is -2.19. The van der Waals surface area contributed by atoms with Crippen LogP contribution in [0.5, 0.6) is 0 Å². The largest absolute Gasteiger partial charge is 0.481 e. The van der Waals surface area contributed by atoms with Crippen molar-refractivity contribution in [3.05, 3.63) is 55.4 Å². The van der Waals surface area contributed by atoms with Crippen LogP contribution in [0.1, 0.15) is 17.8 Å². The normalized spacial score (nSPS) is 14.4. The van der Waals surface area contributed by atoms with Crippen LogP contribution in [0, 0.1) is 0 Å². The molecule has 160 valence electrons. The molecule has 2 N–H and O–H groups in total. The number of aliphatic carboxylic acids is 2. The van der Waals surface area contributed by atoms with Gasteiger partial charge < -0.3 is 15.1 Å². The summed E-state index contributed by atoms with van der Waals surface area (Å²) in [5.74, 6) is -1.70. The average Bonchev–Trinajstić information content (AvgIpc) is 3.21. The number of thiazole rings is 1. The van der Waals surface area contributed by atoms with Crippen LogP contribution in [-0.2, 0) is 16.1 Å². The van der Waals surface area contributed by atoms with E-state index in [1.165, 1.54) is 0 Å². The number of halogens is 2. The van der Waals surface area contributed by atoms with Crippen LogP contribution in [0.25, 0.3) is 16.3 Å². The van der Waals surface area contributed by atoms with Gasteiger partial charge in [0.15, 0.2) is 6.54 Å². The fraction of sp³-hybridized carbons (Fsp3) is 0.190. The molecule has 0 bridgehead atoms. The molecule has 6 nitrogen and oxygen atoms in total. The van der Waals surface area contributed by atoms with Gasteiger partial charge in [0.1, 0.15) is 11.1 Å². The zero-order chi connectivity index (χ0) is 22.1. The Kier molecular flexibility index (Phi) is 6.71. The van der Waals surface area contributed by atoms with E-state index < -0.39 is 11.9 Å². The first-order valence-corrected chi connectivity index (χ1v) is 12.6. The quantitative estimate of drug-likeness (QED) is 0.353. The summed E-state index contributed by atoms with van der Waals surface area (Å²) in [6.45, 7) is 0.701. The Balaban J connectivity index is 1.79. The minimum Gasteiger partial charge on any atom is -0.481 e. The molecule has 0 saturated heterocycles. The van der Waals surface area contributed by atoms with E-state index in [9.17, 15) is 19.8 Å². The molecule has 0 fully saturated rings. The number of nitrogens with zero attached hydrogens (tertiary/aromatic N) is 2. The summed E-state index contributed by atoms with van der Waals surface area (Å²) >= 11 is 10.2. The lowest BCUT2D eigenvalue weighted by molar-refractivity contribution is -0.667. The van der Waals surface area contributed by atoms with Crippen LogP contribution in [0.2, 0.25) is 0 Å². The van der Waals surface area contributed by atoms with Gasteiger partial charge in [-0.3, -0.25) is 9.59 Å². The molecule has 4 rings (SSSR count). The molecule has 0 atom stereocenters. The number of carboxylic acid groups (broad SMARTS) is 2. The highest BCUT2D eigenvalue weighted by Gasteiger charge is 2.28. The molecule has 1 aliphatic heterocycles. The molecule has 31 heavy (non-hydrogen) atoms. The van der Waals surface area contributed by atoms with Crippen LogP contribution in [0.3, 0.4) is 0 Å². The topological polar surface area (TPSA) is 81.7 Å². The summed E-state index contributed by atoms with van der Waals surface area (Å²) in [7, 11) is 0. The fourth-order valence-electron chi connectivity index (χ4n) is 3.35. The van der Waals surface area contributed by atoms with Gasteiger partial charge in [-0.2, -0.15) is 4.57 Å². The maximum atomic E-state index is 11.2. The first-order valence-electron chi connectivity index (χ1n) is 9.34. The number of benzene rings is 2. The number of fused-ring (bicyclic) bond motifs is 2. The highest BCUT2D eigenvalue weighted by molar-refractivity contribution is 9.10. The Bertz CT molecular complexity index is 1230. The van der Waals surface area contributed by atoms with E-state index in [2.05, 4.69) is 31.9 Å². The zero-order valence-corrected chi connectivity index (χ0v) is 20.9. The van der Waals surface area contributed by atoms with E-state index >= 15 is 0 Å². The molecule has 0 aliphatic carbocycles. The summed E-state index contributed by atoms with van der Waals surface area (Å²) in [4.78, 5) is 25.5. The van der Waals surface area contributed by atoms with Crippen molar-refractivity contribution in [1.82, 2.24) is 0 Å². The summed E-state index contributed by atoms with van der Waals surface area (Å²) < 4.78 is 4.93. The number of hydrogen-bond donors (Lipinski definition) is 2. The summed E-state index contributed by atoms with van der Waals surface area (Å²) in [6, 6.07) is 11.9. The van der Waals surface area contributed by atoms with Crippen molar-refractivity contribution in [3.8, 4) is 0 Å². The highest BCUT2D eigenvalue weighted by atomic mass is 79.9. The van der Waals surface area contributed by atoms with E-state index in [-0.39, 0.29) is 12.8 Å². The Hall–Kier alpha value is -1.88. The first-order chi connectivity index (χ1) is 14.8. The van der Waals surface area contributed by atoms with Gasteiger partial charge in [-0.25, -0.2) is 0 Å². The monoisotopic (exact) mass is 583 g/mol. The molecule has 0 saturated carbocycles. The molecule has 10 heteroatoms. The van der Waals surface area contributed by atoms with Crippen molar-refractivity contribution in [3.63, 3.8) is 0 Å². The number of aromatic nitrogens is 1. The van der Waals surface area contributed by atoms with Crippen LogP contribution in [0.15, 0.2) is 55.3 Å². The lowest BCUT2D eigenvalue weighted by atomic mass is 10.2. The predicted octanol–water partition coefficient (Wildman–Crippen LogP) is 5.57. The third-order valence-electron chi connectivity index (χ3n) is 4.73. The van der Waals surface area contributed by atoms with Crippen molar-refractivity contribution in [1.29, 1.82) is 0 Å². The molecule has 3 aromatic rings. The van der Waals surface area contributed by atoms with E-state index in [0.717, 1.165) is 39.8 Å². The van der Waals surface area contributed by atoms with Gasteiger partial charge in [0.2, 0.25) is 5.52 Å². The van der Waals surface area contributed by atoms with Crippen molar-refractivity contribution >= 4 is 88.9 Å². The molecule has 0 radical (unpaired) electrons. The number of carboxylic acids is 2. The summed E-state index contributed by atoms with van der Waals surface area (Å²) in [5, 5.41) is 20.3. The maximum Gasteiger partial charge on any atom is 0.309 e. The van der Waals surface area contributed by atoms with Crippen molar-refractivity contribution in [2.45, 2.75) is 24.3 Å². The SMILES string of the molecule is O=C(O)CCN1C(=Cc2sc3ccc(Br)cc3[n+]2CCC(=O)O)Sc2ccc(Br)cc21. The second-order valence-electron chi connectivity index (χ2n) is 6.84. The van der Waals surface area contributed by atoms with Gasteiger partial charge >= 0.3 is 11.9 Å². The van der Waals surface area contributed by atoms with Crippen LogP contribution in [0.4, 0.5) is 5.69 Å². The Morgan fingerprint density at radius 2 is 1.74 bits per heavy atom. The molecular formula is C21H17Br2N2O4S2+. The van der Waals surface area contributed by atoms with Gasteiger partial charge in [-0.05, 0) is 30.3 Å². The number of carbonyl (C=O) groups is 2. The Morgan fingerprint density at radius 1 is 1.03 bits per heavy atom. The first kappa shape index (κ1) is 22.3. The number of hydrogen-bond acceptors (Lipinski definition) is 5. The van der Waals surface area contributed by atoms with Crippen molar-refractivity contribution in [2.75, 3.05) is 11.4 Å². The molecular weight excluding hydrogens is 568 g/mol. The molecule has 1 aliphatic rings. The van der Waals surface area contributed by atoms with Crippen molar-refractivity contribution < 1.29 is 24.4 Å². The lowest BCUT2D eigenvalue weighted by Crippen LogP contribution is -2.36. The minimum atomic E-state index is -0.851. The van der Waals surface area contributed by atoms with E-state index in [1.54, 1.807) is 23.1 Å². The van der Waals surface area contributed by atoms with E-state index in [0.29, 0.717) is 13.1 Å². The number of aryl methyl sites for hydroxylation is 1. The molecule has 2 aromatic carbocycles. The Morgan fingerprint density at radius 3 is 2.48 bits per heavy atom.